The van der Waals surface area contributed by atoms with Crippen LogP contribution >= 0.6 is 0 Å². The largest absolute Gasteiger partial charge is 0.396 e. The molecule has 1 aliphatic carbocycles. The van der Waals surface area contributed by atoms with E-state index in [1.54, 1.807) is 0 Å². The molecule has 0 bridgehead atoms. The smallest absolute Gasteiger partial charge is 0.143 e. The average molecular weight is 445 g/mol. The molecule has 3 atom stereocenters. The molecule has 2 N–H and O–H groups in total. The molecule has 0 radical (unpaired) electrons. The number of benzene rings is 3. The average Bonchev–Trinajstić information content (AvgIpc) is 3.66. The predicted octanol–water partition coefficient (Wildman–Crippen LogP) is 5.93. The van der Waals surface area contributed by atoms with Crippen LogP contribution in [-0.2, 0) is 10.3 Å². The number of rotatable bonds is 13. The van der Waals surface area contributed by atoms with Crippen LogP contribution in [0.2, 0.25) is 0 Å². The molecule has 0 unspecified atom stereocenters. The van der Waals surface area contributed by atoms with Gasteiger partial charge in [0.15, 0.2) is 0 Å². The highest BCUT2D eigenvalue weighted by Crippen LogP contribution is 2.47. The van der Waals surface area contributed by atoms with Crippen LogP contribution in [0, 0.1) is 11.8 Å². The van der Waals surface area contributed by atoms with Crippen molar-refractivity contribution < 1.29 is 14.9 Å². The molecule has 3 nitrogen and oxygen atoms in total. The van der Waals surface area contributed by atoms with Crippen molar-refractivity contribution >= 4 is 0 Å². The minimum absolute atomic E-state index is 0.257. The summed E-state index contributed by atoms with van der Waals surface area (Å²) in [5.74, 6) is 0.704. The molecule has 1 saturated carbocycles. The normalized spacial score (nSPS) is 18.7. The van der Waals surface area contributed by atoms with Gasteiger partial charge in [-0.25, -0.2) is 0 Å². The van der Waals surface area contributed by atoms with Gasteiger partial charge in [-0.3, -0.25) is 0 Å². The van der Waals surface area contributed by atoms with E-state index in [-0.39, 0.29) is 12.7 Å². The van der Waals surface area contributed by atoms with Crippen molar-refractivity contribution in [3.05, 3.63) is 108 Å². The fraction of sp³-hybridized carbons (Fsp3) is 0.400. The van der Waals surface area contributed by atoms with Crippen molar-refractivity contribution in [3.8, 4) is 0 Å². The van der Waals surface area contributed by atoms with Gasteiger partial charge in [-0.2, -0.15) is 0 Å². The fourth-order valence-electron chi connectivity index (χ4n) is 4.97. The van der Waals surface area contributed by atoms with Crippen LogP contribution in [0.3, 0.4) is 0 Å². The molecule has 174 valence electrons. The lowest BCUT2D eigenvalue weighted by Crippen LogP contribution is -2.34. The lowest BCUT2D eigenvalue weighted by atomic mass is 9.80. The lowest BCUT2D eigenvalue weighted by Gasteiger charge is -2.36. The Morgan fingerprint density at radius 2 is 1.21 bits per heavy atom. The highest BCUT2D eigenvalue weighted by molar-refractivity contribution is 5.47. The summed E-state index contributed by atoms with van der Waals surface area (Å²) in [5.41, 5.74) is 2.66. The van der Waals surface area contributed by atoms with Crippen molar-refractivity contribution in [2.75, 3.05) is 13.2 Å². The van der Waals surface area contributed by atoms with E-state index >= 15 is 0 Å². The third kappa shape index (κ3) is 5.73. The van der Waals surface area contributed by atoms with Crippen molar-refractivity contribution in [3.63, 3.8) is 0 Å². The molecule has 3 aromatic rings. The maximum absolute atomic E-state index is 10.7. The van der Waals surface area contributed by atoms with Gasteiger partial charge < -0.3 is 14.9 Å². The Hall–Kier alpha value is -2.46. The van der Waals surface area contributed by atoms with Crippen LogP contribution in [0.15, 0.2) is 91.0 Å². The van der Waals surface area contributed by atoms with Crippen molar-refractivity contribution in [2.24, 2.45) is 11.8 Å². The van der Waals surface area contributed by atoms with Crippen LogP contribution in [0.25, 0.3) is 0 Å². The van der Waals surface area contributed by atoms with E-state index in [9.17, 15) is 5.11 Å². The second-order valence-electron chi connectivity index (χ2n) is 9.24. The highest BCUT2D eigenvalue weighted by atomic mass is 16.5. The number of aliphatic hydroxyl groups excluding tert-OH is 2. The minimum Gasteiger partial charge on any atom is -0.396 e. The Kier molecular flexibility index (Phi) is 8.33. The van der Waals surface area contributed by atoms with Crippen LogP contribution in [0.4, 0.5) is 0 Å². The van der Waals surface area contributed by atoms with E-state index in [1.807, 2.05) is 18.2 Å². The summed E-state index contributed by atoms with van der Waals surface area (Å²) in [6.07, 6.45) is 5.59. The molecule has 3 heteroatoms. The fourth-order valence-corrected chi connectivity index (χ4v) is 4.97. The number of aliphatic hydroxyl groups is 2. The van der Waals surface area contributed by atoms with Gasteiger partial charge in [0.05, 0.1) is 12.7 Å². The quantitative estimate of drug-likeness (QED) is 0.254. The summed E-state index contributed by atoms with van der Waals surface area (Å²) in [4.78, 5) is 0. The molecule has 0 amide bonds. The van der Waals surface area contributed by atoms with E-state index in [4.69, 9.17) is 9.84 Å². The van der Waals surface area contributed by atoms with Gasteiger partial charge in [0.1, 0.15) is 5.60 Å². The molecule has 1 fully saturated rings. The van der Waals surface area contributed by atoms with E-state index < -0.39 is 5.60 Å². The van der Waals surface area contributed by atoms with E-state index in [2.05, 4.69) is 72.8 Å². The molecule has 4 rings (SSSR count). The van der Waals surface area contributed by atoms with Crippen LogP contribution in [-0.4, -0.2) is 29.5 Å². The summed E-state index contributed by atoms with van der Waals surface area (Å²) in [6, 6.07) is 31.4. The Bertz CT molecular complexity index is 845. The maximum atomic E-state index is 10.7. The van der Waals surface area contributed by atoms with Crippen molar-refractivity contribution in [2.45, 2.75) is 50.2 Å². The summed E-state index contributed by atoms with van der Waals surface area (Å²) in [5, 5.41) is 19.6. The van der Waals surface area contributed by atoms with E-state index in [0.29, 0.717) is 18.4 Å². The van der Waals surface area contributed by atoms with Crippen molar-refractivity contribution in [1.29, 1.82) is 0 Å². The van der Waals surface area contributed by atoms with Gasteiger partial charge in [-0.05, 0) is 47.8 Å². The number of hydrogen-bond acceptors (Lipinski definition) is 3. The summed E-state index contributed by atoms with van der Waals surface area (Å²) in [6.45, 7) is 0.876. The van der Waals surface area contributed by atoms with Gasteiger partial charge in [0.2, 0.25) is 0 Å². The lowest BCUT2D eigenvalue weighted by molar-refractivity contribution is 0.0000491. The molecule has 0 spiro atoms. The third-order valence-corrected chi connectivity index (χ3v) is 6.93. The Morgan fingerprint density at radius 1 is 0.727 bits per heavy atom. The topological polar surface area (TPSA) is 49.7 Å². The van der Waals surface area contributed by atoms with Gasteiger partial charge >= 0.3 is 0 Å². The van der Waals surface area contributed by atoms with Gasteiger partial charge in [-0.1, -0.05) is 110 Å². The maximum Gasteiger partial charge on any atom is 0.143 e. The van der Waals surface area contributed by atoms with Gasteiger partial charge in [0.25, 0.3) is 0 Å². The van der Waals surface area contributed by atoms with E-state index in [1.165, 1.54) is 0 Å². The Labute approximate surface area is 198 Å². The highest BCUT2D eigenvalue weighted by Gasteiger charge is 2.45. The van der Waals surface area contributed by atoms with Crippen LogP contribution < -0.4 is 0 Å². The van der Waals surface area contributed by atoms with Crippen molar-refractivity contribution in [1.82, 2.24) is 0 Å². The first-order valence-electron chi connectivity index (χ1n) is 12.3. The molecular formula is C30H36O3. The van der Waals surface area contributed by atoms with Crippen LogP contribution in [0.1, 0.15) is 55.2 Å². The standard InChI is InChI=1S/C30H36O3/c31-21-13-2-1-12-20-29(32)28-22-24(28)23-33-30(25-14-6-3-7-15-25,26-16-8-4-9-17-26)27-18-10-5-11-19-27/h3-11,14-19,24,28-29,31-32H,1-2,12-13,20-23H2/t24-,28+,29+/m0/s1. The second kappa shape index (κ2) is 11.6. The van der Waals surface area contributed by atoms with Gasteiger partial charge in [-0.15, -0.1) is 0 Å². The Balaban J connectivity index is 1.51. The molecule has 33 heavy (non-hydrogen) atoms. The number of unbranched alkanes of at least 4 members (excludes halogenated alkanes) is 3. The molecule has 0 saturated heterocycles. The van der Waals surface area contributed by atoms with Gasteiger partial charge in [0, 0.05) is 6.61 Å². The zero-order chi connectivity index (χ0) is 22.9. The molecular weight excluding hydrogens is 408 g/mol. The first-order chi connectivity index (χ1) is 16.3. The number of ether oxygens (including phenoxy) is 1. The predicted molar refractivity (Wildman–Crippen MR) is 133 cm³/mol. The van der Waals surface area contributed by atoms with Crippen LogP contribution in [0.5, 0.6) is 0 Å². The van der Waals surface area contributed by atoms with E-state index in [0.717, 1.165) is 55.2 Å². The zero-order valence-corrected chi connectivity index (χ0v) is 19.4. The summed E-state index contributed by atoms with van der Waals surface area (Å²) in [7, 11) is 0. The summed E-state index contributed by atoms with van der Waals surface area (Å²) < 4.78 is 6.91. The zero-order valence-electron chi connectivity index (χ0n) is 19.4. The Morgan fingerprint density at radius 3 is 1.70 bits per heavy atom. The first kappa shape index (κ1) is 23.7. The SMILES string of the molecule is OCCCCCC[C@@H](O)[C@@H]1C[C@H]1COC(c1ccccc1)(c1ccccc1)c1ccccc1. The first-order valence-corrected chi connectivity index (χ1v) is 12.3. The molecule has 0 heterocycles. The second-order valence-corrected chi connectivity index (χ2v) is 9.24. The summed E-state index contributed by atoms with van der Waals surface area (Å²) >= 11 is 0. The molecule has 1 aliphatic rings. The molecule has 3 aromatic carbocycles. The monoisotopic (exact) mass is 444 g/mol. The minimum atomic E-state index is -0.688. The molecule has 0 aliphatic heterocycles. The number of hydrogen-bond donors (Lipinski definition) is 2. The molecule has 0 aromatic heterocycles. The third-order valence-electron chi connectivity index (χ3n) is 6.93.